The standard InChI is InChI=1S/C15H14ClIO2/c1-18-14-7-4-12(9-16)8-15(14)19-10-11-2-5-13(17)6-3-11/h2-8H,9-10H2,1H3. The average molecular weight is 389 g/mol. The summed E-state index contributed by atoms with van der Waals surface area (Å²) in [6, 6.07) is 14.0. The van der Waals surface area contributed by atoms with Crippen molar-refractivity contribution in [2.24, 2.45) is 0 Å². The van der Waals surface area contributed by atoms with Crippen molar-refractivity contribution < 1.29 is 9.47 Å². The van der Waals surface area contributed by atoms with Gasteiger partial charge in [0.1, 0.15) is 6.61 Å². The molecule has 19 heavy (non-hydrogen) atoms. The molecule has 2 aromatic rings. The number of rotatable bonds is 5. The Kier molecular flexibility index (Phi) is 5.34. The minimum absolute atomic E-state index is 0.462. The van der Waals surface area contributed by atoms with E-state index in [1.54, 1.807) is 7.11 Å². The third-order valence-corrected chi connectivity index (χ3v) is 3.72. The van der Waals surface area contributed by atoms with E-state index in [2.05, 4.69) is 46.9 Å². The molecule has 2 nitrogen and oxygen atoms in total. The van der Waals surface area contributed by atoms with Gasteiger partial charge in [-0.25, -0.2) is 0 Å². The summed E-state index contributed by atoms with van der Waals surface area (Å²) in [5.41, 5.74) is 2.14. The maximum Gasteiger partial charge on any atom is 0.161 e. The molecule has 0 saturated carbocycles. The Balaban J connectivity index is 2.11. The number of methoxy groups -OCH3 is 1. The monoisotopic (exact) mass is 388 g/mol. The number of hydrogen-bond acceptors (Lipinski definition) is 2. The molecule has 0 amide bonds. The number of benzene rings is 2. The molecular weight excluding hydrogens is 375 g/mol. The Morgan fingerprint density at radius 2 is 1.68 bits per heavy atom. The molecule has 2 rings (SSSR count). The van der Waals surface area contributed by atoms with E-state index >= 15 is 0 Å². The van der Waals surface area contributed by atoms with Crippen LogP contribution in [0, 0.1) is 3.57 Å². The molecule has 0 bridgehead atoms. The normalized spacial score (nSPS) is 10.3. The summed E-state index contributed by atoms with van der Waals surface area (Å²) >= 11 is 8.11. The quantitative estimate of drug-likeness (QED) is 0.550. The molecule has 0 saturated heterocycles. The van der Waals surface area contributed by atoms with Crippen LogP contribution in [0.25, 0.3) is 0 Å². The van der Waals surface area contributed by atoms with Gasteiger partial charge in [-0.15, -0.1) is 11.6 Å². The largest absolute Gasteiger partial charge is 0.493 e. The van der Waals surface area contributed by atoms with Crippen LogP contribution >= 0.6 is 34.2 Å². The van der Waals surface area contributed by atoms with Gasteiger partial charge in [-0.1, -0.05) is 18.2 Å². The first-order valence-electron chi connectivity index (χ1n) is 5.83. The van der Waals surface area contributed by atoms with Gasteiger partial charge in [0.2, 0.25) is 0 Å². The highest BCUT2D eigenvalue weighted by molar-refractivity contribution is 14.1. The lowest BCUT2D eigenvalue weighted by molar-refractivity contribution is 0.284. The molecule has 0 heterocycles. The van der Waals surface area contributed by atoms with E-state index in [0.29, 0.717) is 12.5 Å². The van der Waals surface area contributed by atoms with Gasteiger partial charge in [0.25, 0.3) is 0 Å². The van der Waals surface area contributed by atoms with E-state index in [-0.39, 0.29) is 0 Å². The van der Waals surface area contributed by atoms with Gasteiger partial charge in [0.15, 0.2) is 11.5 Å². The molecule has 100 valence electrons. The highest BCUT2D eigenvalue weighted by Crippen LogP contribution is 2.29. The number of ether oxygens (including phenoxy) is 2. The smallest absolute Gasteiger partial charge is 0.161 e. The van der Waals surface area contributed by atoms with Gasteiger partial charge in [-0.2, -0.15) is 0 Å². The fraction of sp³-hybridized carbons (Fsp3) is 0.200. The first kappa shape index (κ1) is 14.5. The lowest BCUT2D eigenvalue weighted by Gasteiger charge is -2.12. The first-order valence-corrected chi connectivity index (χ1v) is 7.44. The molecule has 0 aromatic heterocycles. The fourth-order valence-corrected chi connectivity index (χ4v) is 2.18. The van der Waals surface area contributed by atoms with Gasteiger partial charge < -0.3 is 9.47 Å². The second kappa shape index (κ2) is 7.01. The minimum atomic E-state index is 0.462. The number of alkyl halides is 1. The summed E-state index contributed by atoms with van der Waals surface area (Å²) in [6.45, 7) is 0.513. The summed E-state index contributed by atoms with van der Waals surface area (Å²) in [5, 5.41) is 0. The van der Waals surface area contributed by atoms with E-state index < -0.39 is 0 Å². The van der Waals surface area contributed by atoms with E-state index in [1.165, 1.54) is 3.57 Å². The average Bonchev–Trinajstić information content (AvgIpc) is 2.46. The predicted octanol–water partition coefficient (Wildman–Crippen LogP) is 4.62. The van der Waals surface area contributed by atoms with Crippen molar-refractivity contribution in [1.82, 2.24) is 0 Å². The van der Waals surface area contributed by atoms with Crippen molar-refractivity contribution in [3.8, 4) is 11.5 Å². The van der Waals surface area contributed by atoms with Crippen molar-refractivity contribution in [2.45, 2.75) is 12.5 Å². The Bertz CT molecular complexity index is 540. The van der Waals surface area contributed by atoms with Crippen LogP contribution in [0.1, 0.15) is 11.1 Å². The van der Waals surface area contributed by atoms with Gasteiger partial charge >= 0.3 is 0 Å². The molecule has 0 aliphatic rings. The highest BCUT2D eigenvalue weighted by Gasteiger charge is 2.06. The maximum absolute atomic E-state index is 5.83. The molecule has 0 N–H and O–H groups in total. The van der Waals surface area contributed by atoms with Crippen LogP contribution in [-0.4, -0.2) is 7.11 Å². The summed E-state index contributed by atoms with van der Waals surface area (Å²) < 4.78 is 12.3. The Morgan fingerprint density at radius 3 is 2.32 bits per heavy atom. The lowest BCUT2D eigenvalue weighted by Crippen LogP contribution is -1.98. The van der Waals surface area contributed by atoms with Crippen LogP contribution < -0.4 is 9.47 Å². The Hall–Kier alpha value is -0.940. The summed E-state index contributed by atoms with van der Waals surface area (Å²) in [7, 11) is 1.63. The molecule has 0 atom stereocenters. The van der Waals surface area contributed by atoms with Gasteiger partial charge in [-0.3, -0.25) is 0 Å². The predicted molar refractivity (Wildman–Crippen MR) is 86.0 cm³/mol. The SMILES string of the molecule is COc1ccc(CCl)cc1OCc1ccc(I)cc1. The van der Waals surface area contributed by atoms with Crippen molar-refractivity contribution in [3.63, 3.8) is 0 Å². The Labute approximate surface area is 131 Å². The highest BCUT2D eigenvalue weighted by atomic mass is 127. The van der Waals surface area contributed by atoms with Crippen molar-refractivity contribution in [3.05, 3.63) is 57.2 Å². The van der Waals surface area contributed by atoms with Crippen LogP contribution in [-0.2, 0) is 12.5 Å². The number of hydrogen-bond donors (Lipinski definition) is 0. The van der Waals surface area contributed by atoms with Crippen molar-refractivity contribution in [1.29, 1.82) is 0 Å². The topological polar surface area (TPSA) is 18.5 Å². The molecule has 2 aromatic carbocycles. The lowest BCUT2D eigenvalue weighted by atomic mass is 10.2. The molecule has 0 radical (unpaired) electrons. The molecule has 0 unspecified atom stereocenters. The zero-order valence-corrected chi connectivity index (χ0v) is 13.4. The van der Waals surface area contributed by atoms with E-state index in [9.17, 15) is 0 Å². The van der Waals surface area contributed by atoms with Crippen LogP contribution in [0.3, 0.4) is 0 Å². The van der Waals surface area contributed by atoms with Crippen LogP contribution in [0.4, 0.5) is 0 Å². The molecule has 0 aliphatic carbocycles. The maximum atomic E-state index is 5.83. The van der Waals surface area contributed by atoms with Crippen molar-refractivity contribution >= 4 is 34.2 Å². The number of halogens is 2. The third-order valence-electron chi connectivity index (χ3n) is 2.69. The van der Waals surface area contributed by atoms with Crippen molar-refractivity contribution in [2.75, 3.05) is 7.11 Å². The second-order valence-corrected chi connectivity index (χ2v) is 5.55. The third kappa shape index (κ3) is 4.01. The first-order chi connectivity index (χ1) is 9.22. The second-order valence-electron chi connectivity index (χ2n) is 4.03. The summed E-state index contributed by atoms with van der Waals surface area (Å²) in [6.07, 6.45) is 0. The van der Waals surface area contributed by atoms with Gasteiger partial charge in [0, 0.05) is 9.45 Å². The molecular formula is C15H14ClIO2. The summed E-state index contributed by atoms with van der Waals surface area (Å²) in [4.78, 5) is 0. The van der Waals surface area contributed by atoms with E-state index in [4.69, 9.17) is 21.1 Å². The zero-order valence-electron chi connectivity index (χ0n) is 10.5. The van der Waals surface area contributed by atoms with Crippen LogP contribution in [0.2, 0.25) is 0 Å². The summed E-state index contributed by atoms with van der Waals surface area (Å²) in [5.74, 6) is 1.91. The molecule has 0 aliphatic heterocycles. The van der Waals surface area contributed by atoms with Crippen LogP contribution in [0.5, 0.6) is 11.5 Å². The molecule has 4 heteroatoms. The van der Waals surface area contributed by atoms with E-state index in [1.807, 2.05) is 18.2 Å². The minimum Gasteiger partial charge on any atom is -0.493 e. The van der Waals surface area contributed by atoms with Gasteiger partial charge in [-0.05, 0) is 58.0 Å². The van der Waals surface area contributed by atoms with Gasteiger partial charge in [0.05, 0.1) is 7.11 Å². The molecule has 0 spiro atoms. The molecule has 0 fully saturated rings. The van der Waals surface area contributed by atoms with Crippen LogP contribution in [0.15, 0.2) is 42.5 Å². The Morgan fingerprint density at radius 1 is 1.00 bits per heavy atom. The fourth-order valence-electron chi connectivity index (χ4n) is 1.66. The zero-order chi connectivity index (χ0) is 13.7. The van der Waals surface area contributed by atoms with E-state index in [0.717, 1.165) is 22.6 Å².